The molecule has 4 nitrogen and oxygen atoms in total. The van der Waals surface area contributed by atoms with Gasteiger partial charge in [0.25, 0.3) is 0 Å². The fourth-order valence-corrected chi connectivity index (χ4v) is 2.82. The van der Waals surface area contributed by atoms with E-state index < -0.39 is 0 Å². The monoisotopic (exact) mass is 261 g/mol. The minimum Gasteiger partial charge on any atom is -0.383 e. The van der Waals surface area contributed by atoms with Crippen LogP contribution in [0.2, 0.25) is 0 Å². The van der Waals surface area contributed by atoms with Crippen molar-refractivity contribution < 1.29 is 4.79 Å². The van der Waals surface area contributed by atoms with Gasteiger partial charge in [0.05, 0.1) is 17.0 Å². The Morgan fingerprint density at radius 1 is 1.26 bits per heavy atom. The lowest BCUT2D eigenvalue weighted by molar-refractivity contribution is 0.102. The maximum atomic E-state index is 12.7. The summed E-state index contributed by atoms with van der Waals surface area (Å²) < 4.78 is 1.88. The molecule has 1 aliphatic carbocycles. The molecular formula is C15H23N3O. The highest BCUT2D eigenvalue weighted by Gasteiger charge is 2.33. The van der Waals surface area contributed by atoms with E-state index >= 15 is 0 Å². The lowest BCUT2D eigenvalue weighted by Gasteiger charge is -2.23. The van der Waals surface area contributed by atoms with Crippen molar-refractivity contribution in [2.45, 2.75) is 39.0 Å². The van der Waals surface area contributed by atoms with Crippen LogP contribution < -0.4 is 0 Å². The highest BCUT2D eigenvalue weighted by atomic mass is 16.1. The van der Waals surface area contributed by atoms with E-state index in [0.717, 1.165) is 35.4 Å². The molecule has 0 saturated carbocycles. The van der Waals surface area contributed by atoms with Gasteiger partial charge in [-0.15, -0.1) is 0 Å². The Hall–Kier alpha value is -1.58. The second kappa shape index (κ2) is 4.51. The first-order valence-electron chi connectivity index (χ1n) is 6.70. The number of hydrogen-bond donors (Lipinski definition) is 0. The molecule has 0 aromatic carbocycles. The lowest BCUT2D eigenvalue weighted by atomic mass is 9.82. The summed E-state index contributed by atoms with van der Waals surface area (Å²) in [5, 5.41) is 4.54. The smallest absolute Gasteiger partial charge is 0.194 e. The van der Waals surface area contributed by atoms with E-state index in [2.05, 4.69) is 25.9 Å². The molecule has 0 fully saturated rings. The van der Waals surface area contributed by atoms with E-state index in [9.17, 15) is 4.79 Å². The van der Waals surface area contributed by atoms with Gasteiger partial charge in [0, 0.05) is 38.3 Å². The van der Waals surface area contributed by atoms with Gasteiger partial charge in [-0.1, -0.05) is 20.8 Å². The van der Waals surface area contributed by atoms with Crippen LogP contribution in [-0.2, 0) is 18.9 Å². The standard InChI is InChI=1S/C15H23N3O/c1-15(2,3)14-12-11(16-18(14)6)8-7-10(13(12)19)9-17(4)5/h9H,7-8H2,1-6H3/b10-9+. The molecule has 1 heterocycles. The van der Waals surface area contributed by atoms with Gasteiger partial charge in [0.15, 0.2) is 5.78 Å². The topological polar surface area (TPSA) is 38.1 Å². The molecule has 1 aromatic rings. The van der Waals surface area contributed by atoms with Crippen LogP contribution in [0.3, 0.4) is 0 Å². The summed E-state index contributed by atoms with van der Waals surface area (Å²) in [6, 6.07) is 0. The minimum absolute atomic E-state index is 0.0778. The number of rotatable bonds is 1. The van der Waals surface area contributed by atoms with Gasteiger partial charge in [-0.25, -0.2) is 0 Å². The van der Waals surface area contributed by atoms with E-state index in [1.165, 1.54) is 0 Å². The Morgan fingerprint density at radius 2 is 1.89 bits per heavy atom. The number of ketones is 1. The SMILES string of the molecule is CN(C)/C=C1\CCc2nn(C)c(C(C)(C)C)c2C1=O. The normalized spacial score (nSPS) is 17.8. The third-order valence-electron chi connectivity index (χ3n) is 3.39. The molecule has 0 aliphatic heterocycles. The summed E-state index contributed by atoms with van der Waals surface area (Å²) in [6.45, 7) is 6.38. The van der Waals surface area contributed by atoms with Gasteiger partial charge in [-0.3, -0.25) is 9.48 Å². The summed E-state index contributed by atoms with van der Waals surface area (Å²) >= 11 is 0. The summed E-state index contributed by atoms with van der Waals surface area (Å²) in [5.74, 6) is 0.146. The van der Waals surface area contributed by atoms with Crippen LogP contribution in [-0.4, -0.2) is 34.6 Å². The first-order valence-corrected chi connectivity index (χ1v) is 6.70. The molecule has 104 valence electrons. The predicted molar refractivity (Wildman–Crippen MR) is 76.3 cm³/mol. The van der Waals surface area contributed by atoms with Crippen molar-refractivity contribution in [1.82, 2.24) is 14.7 Å². The van der Waals surface area contributed by atoms with E-state index in [1.54, 1.807) is 0 Å². The zero-order valence-corrected chi connectivity index (χ0v) is 12.7. The van der Waals surface area contributed by atoms with E-state index in [1.807, 2.05) is 36.9 Å². The molecule has 0 atom stereocenters. The number of aryl methyl sites for hydroxylation is 2. The van der Waals surface area contributed by atoms with Gasteiger partial charge in [-0.05, 0) is 12.8 Å². The molecule has 2 rings (SSSR count). The molecule has 0 spiro atoms. The van der Waals surface area contributed by atoms with Crippen molar-refractivity contribution in [3.8, 4) is 0 Å². The highest BCUT2D eigenvalue weighted by Crippen LogP contribution is 2.33. The fraction of sp³-hybridized carbons (Fsp3) is 0.600. The van der Waals surface area contributed by atoms with Crippen LogP contribution >= 0.6 is 0 Å². The van der Waals surface area contributed by atoms with Crippen molar-refractivity contribution in [1.29, 1.82) is 0 Å². The lowest BCUT2D eigenvalue weighted by Crippen LogP contribution is -2.23. The van der Waals surface area contributed by atoms with Crippen LogP contribution in [0, 0.1) is 0 Å². The minimum atomic E-state index is -0.0778. The van der Waals surface area contributed by atoms with Crippen molar-refractivity contribution >= 4 is 5.78 Å². The van der Waals surface area contributed by atoms with Crippen LogP contribution in [0.4, 0.5) is 0 Å². The molecule has 0 unspecified atom stereocenters. The molecule has 0 radical (unpaired) electrons. The largest absolute Gasteiger partial charge is 0.383 e. The second-order valence-corrected chi connectivity index (χ2v) is 6.49. The maximum Gasteiger partial charge on any atom is 0.194 e. The van der Waals surface area contributed by atoms with E-state index in [0.29, 0.717) is 0 Å². The molecule has 0 amide bonds. The van der Waals surface area contributed by atoms with Crippen molar-refractivity contribution in [3.63, 3.8) is 0 Å². The highest BCUT2D eigenvalue weighted by molar-refractivity contribution is 6.11. The number of nitrogens with zero attached hydrogens (tertiary/aromatic N) is 3. The molecule has 1 aromatic heterocycles. The fourth-order valence-electron chi connectivity index (χ4n) is 2.82. The van der Waals surface area contributed by atoms with Crippen LogP contribution in [0.25, 0.3) is 0 Å². The van der Waals surface area contributed by atoms with Crippen molar-refractivity contribution in [2.24, 2.45) is 7.05 Å². The predicted octanol–water partition coefficient (Wildman–Crippen LogP) is 2.29. The number of Topliss-reactive ketones (excluding diaryl/α,β-unsaturated/α-hetero) is 1. The summed E-state index contributed by atoms with van der Waals surface area (Å²) in [5.41, 5.74) is 3.63. The van der Waals surface area contributed by atoms with Crippen molar-refractivity contribution in [3.05, 3.63) is 28.7 Å². The molecule has 0 N–H and O–H groups in total. The average molecular weight is 261 g/mol. The molecule has 0 saturated heterocycles. The van der Waals surface area contributed by atoms with Crippen LogP contribution in [0.15, 0.2) is 11.8 Å². The number of fused-ring (bicyclic) bond motifs is 1. The Morgan fingerprint density at radius 3 is 2.42 bits per heavy atom. The number of allylic oxidation sites excluding steroid dienone is 1. The van der Waals surface area contributed by atoms with Crippen LogP contribution in [0.5, 0.6) is 0 Å². The van der Waals surface area contributed by atoms with Crippen LogP contribution in [0.1, 0.15) is 48.9 Å². The number of hydrogen-bond acceptors (Lipinski definition) is 3. The summed E-state index contributed by atoms with van der Waals surface area (Å²) in [7, 11) is 5.83. The molecule has 0 bridgehead atoms. The molecule has 19 heavy (non-hydrogen) atoms. The number of aromatic nitrogens is 2. The Balaban J connectivity index is 2.57. The molecule has 4 heteroatoms. The van der Waals surface area contributed by atoms with Gasteiger partial charge in [-0.2, -0.15) is 5.10 Å². The molecule has 1 aliphatic rings. The third-order valence-corrected chi connectivity index (χ3v) is 3.39. The van der Waals surface area contributed by atoms with Gasteiger partial charge >= 0.3 is 0 Å². The quantitative estimate of drug-likeness (QED) is 0.728. The third kappa shape index (κ3) is 2.44. The average Bonchev–Trinajstić information content (AvgIpc) is 2.58. The van der Waals surface area contributed by atoms with Gasteiger partial charge in [0.2, 0.25) is 0 Å². The Labute approximate surface area is 115 Å². The second-order valence-electron chi connectivity index (χ2n) is 6.49. The Kier molecular flexibility index (Phi) is 3.29. The van der Waals surface area contributed by atoms with Gasteiger partial charge in [0.1, 0.15) is 0 Å². The Bertz CT molecular complexity index is 544. The summed E-state index contributed by atoms with van der Waals surface area (Å²) in [6.07, 6.45) is 3.57. The summed E-state index contributed by atoms with van der Waals surface area (Å²) in [4.78, 5) is 14.6. The zero-order valence-electron chi connectivity index (χ0n) is 12.7. The molecular weight excluding hydrogens is 238 g/mol. The van der Waals surface area contributed by atoms with Crippen molar-refractivity contribution in [2.75, 3.05) is 14.1 Å². The van der Waals surface area contributed by atoms with Gasteiger partial charge < -0.3 is 4.90 Å². The number of carbonyl (C=O) groups excluding carboxylic acids is 1. The maximum absolute atomic E-state index is 12.7. The first-order chi connectivity index (χ1) is 8.71. The number of carbonyl (C=O) groups is 1. The van der Waals surface area contributed by atoms with E-state index in [4.69, 9.17) is 0 Å². The zero-order chi connectivity index (χ0) is 14.4. The first kappa shape index (κ1) is 13.8. The van der Waals surface area contributed by atoms with E-state index in [-0.39, 0.29) is 11.2 Å².